The van der Waals surface area contributed by atoms with Crippen molar-refractivity contribution in [3.05, 3.63) is 0 Å². The first-order valence-corrected chi connectivity index (χ1v) is 8.14. The fourth-order valence-electron chi connectivity index (χ4n) is 2.44. The third-order valence-electron chi connectivity index (χ3n) is 4.13. The van der Waals surface area contributed by atoms with E-state index < -0.39 is 10.2 Å². The largest absolute Gasteiger partial charge is 0.396 e. The van der Waals surface area contributed by atoms with Gasteiger partial charge in [0.25, 0.3) is 10.2 Å². The minimum Gasteiger partial charge on any atom is -0.396 e. The number of hydrogen-bond acceptors (Lipinski definition) is 3. The Hall–Kier alpha value is -0.170. The van der Waals surface area contributed by atoms with Crippen molar-refractivity contribution in [1.29, 1.82) is 0 Å². The Bertz CT molecular complexity index is 342. The van der Waals surface area contributed by atoms with Crippen LogP contribution in [-0.4, -0.2) is 55.4 Å². The number of aliphatic hydroxyl groups is 1. The van der Waals surface area contributed by atoms with Gasteiger partial charge in [-0.25, -0.2) is 0 Å². The maximum Gasteiger partial charge on any atom is 0.281 e. The van der Waals surface area contributed by atoms with E-state index in [1.165, 1.54) is 4.31 Å². The highest BCUT2D eigenvalue weighted by atomic mass is 32.2. The molecule has 18 heavy (non-hydrogen) atoms. The first-order valence-electron chi connectivity index (χ1n) is 6.74. The molecule has 1 aliphatic heterocycles. The van der Waals surface area contributed by atoms with Crippen molar-refractivity contribution in [2.45, 2.75) is 39.5 Å². The minimum absolute atomic E-state index is 0.0741. The summed E-state index contributed by atoms with van der Waals surface area (Å²) in [4.78, 5) is 0. The maximum absolute atomic E-state index is 12.3. The van der Waals surface area contributed by atoms with E-state index in [0.29, 0.717) is 19.6 Å². The lowest BCUT2D eigenvalue weighted by Crippen LogP contribution is -2.49. The molecule has 108 valence electrons. The Morgan fingerprint density at radius 1 is 1.28 bits per heavy atom. The fourth-order valence-corrected chi connectivity index (χ4v) is 3.89. The van der Waals surface area contributed by atoms with E-state index >= 15 is 0 Å². The van der Waals surface area contributed by atoms with Gasteiger partial charge in [0.05, 0.1) is 0 Å². The third-order valence-corrected chi connectivity index (χ3v) is 6.12. The Morgan fingerprint density at radius 2 is 1.83 bits per heavy atom. The summed E-state index contributed by atoms with van der Waals surface area (Å²) in [5.41, 5.74) is -0.0741. The zero-order valence-electron chi connectivity index (χ0n) is 11.7. The van der Waals surface area contributed by atoms with Gasteiger partial charge < -0.3 is 5.11 Å². The monoisotopic (exact) mass is 278 g/mol. The number of aliphatic hydroxyl groups excluding tert-OH is 1. The van der Waals surface area contributed by atoms with Crippen LogP contribution >= 0.6 is 0 Å². The predicted molar refractivity (Wildman–Crippen MR) is 72.5 cm³/mol. The van der Waals surface area contributed by atoms with Crippen LogP contribution in [0.25, 0.3) is 0 Å². The summed E-state index contributed by atoms with van der Waals surface area (Å²) in [6.07, 6.45) is 3.22. The van der Waals surface area contributed by atoms with Crippen molar-refractivity contribution in [2.75, 3.05) is 33.3 Å². The highest BCUT2D eigenvalue weighted by Gasteiger charge is 2.37. The van der Waals surface area contributed by atoms with Crippen LogP contribution in [0.4, 0.5) is 0 Å². The molecular formula is C12H26N2O3S. The summed E-state index contributed by atoms with van der Waals surface area (Å²) < 4.78 is 27.5. The lowest BCUT2D eigenvalue weighted by Gasteiger charge is -2.40. The SMILES string of the molecule is CCCN(C)S(=O)(=O)N1CCC(CC)(CO)CC1. The molecule has 0 aromatic heterocycles. The molecule has 1 aliphatic rings. The Balaban J connectivity index is 2.67. The van der Waals surface area contributed by atoms with E-state index in [9.17, 15) is 13.5 Å². The van der Waals surface area contributed by atoms with Crippen LogP contribution < -0.4 is 0 Å². The van der Waals surface area contributed by atoms with Crippen molar-refractivity contribution in [3.63, 3.8) is 0 Å². The van der Waals surface area contributed by atoms with Gasteiger partial charge in [-0.3, -0.25) is 0 Å². The van der Waals surface area contributed by atoms with Gasteiger partial charge in [0.1, 0.15) is 0 Å². The number of hydrogen-bond donors (Lipinski definition) is 1. The standard InChI is InChI=1S/C12H26N2O3S/c1-4-8-13(3)18(16,17)14-9-6-12(5-2,11-15)7-10-14/h15H,4-11H2,1-3H3. The lowest BCUT2D eigenvalue weighted by atomic mass is 9.77. The molecular weight excluding hydrogens is 252 g/mol. The molecule has 5 nitrogen and oxygen atoms in total. The zero-order chi connectivity index (χ0) is 13.8. The van der Waals surface area contributed by atoms with Crippen molar-refractivity contribution < 1.29 is 13.5 Å². The lowest BCUT2D eigenvalue weighted by molar-refractivity contribution is 0.0633. The van der Waals surface area contributed by atoms with E-state index in [0.717, 1.165) is 25.7 Å². The average molecular weight is 278 g/mol. The molecule has 0 bridgehead atoms. The summed E-state index contributed by atoms with van der Waals surface area (Å²) >= 11 is 0. The van der Waals surface area contributed by atoms with Gasteiger partial charge in [0.15, 0.2) is 0 Å². The highest BCUT2D eigenvalue weighted by Crippen LogP contribution is 2.35. The fraction of sp³-hybridized carbons (Fsp3) is 1.00. The molecule has 1 heterocycles. The van der Waals surface area contributed by atoms with Crippen molar-refractivity contribution in [3.8, 4) is 0 Å². The Morgan fingerprint density at radius 3 is 2.22 bits per heavy atom. The van der Waals surface area contributed by atoms with Crippen LogP contribution in [0, 0.1) is 5.41 Å². The summed E-state index contributed by atoms with van der Waals surface area (Å²) in [6, 6.07) is 0. The molecule has 0 aliphatic carbocycles. The quantitative estimate of drug-likeness (QED) is 0.790. The molecule has 0 atom stereocenters. The molecule has 1 N–H and O–H groups in total. The molecule has 6 heteroatoms. The molecule has 0 radical (unpaired) electrons. The molecule has 1 fully saturated rings. The summed E-state index contributed by atoms with van der Waals surface area (Å²) in [5, 5.41) is 9.45. The molecule has 0 aromatic rings. The normalized spacial score (nSPS) is 21.4. The second-order valence-electron chi connectivity index (χ2n) is 5.24. The molecule has 0 aromatic carbocycles. The summed E-state index contributed by atoms with van der Waals surface area (Å²) in [7, 11) is -1.67. The summed E-state index contributed by atoms with van der Waals surface area (Å²) in [6.45, 7) is 5.77. The number of rotatable bonds is 6. The third kappa shape index (κ3) is 3.23. The Labute approximate surface area is 111 Å². The highest BCUT2D eigenvalue weighted by molar-refractivity contribution is 7.86. The van der Waals surface area contributed by atoms with Gasteiger partial charge in [-0.1, -0.05) is 13.8 Å². The first kappa shape index (κ1) is 15.9. The molecule has 1 saturated heterocycles. The predicted octanol–water partition coefficient (Wildman–Crippen LogP) is 1.06. The van der Waals surface area contributed by atoms with Crippen LogP contribution in [0.5, 0.6) is 0 Å². The van der Waals surface area contributed by atoms with Crippen molar-refractivity contribution in [1.82, 2.24) is 8.61 Å². The van der Waals surface area contributed by atoms with Crippen LogP contribution in [-0.2, 0) is 10.2 Å². The van der Waals surface area contributed by atoms with Crippen LogP contribution in [0.2, 0.25) is 0 Å². The van der Waals surface area contributed by atoms with E-state index in [-0.39, 0.29) is 12.0 Å². The van der Waals surface area contributed by atoms with Crippen LogP contribution in [0.3, 0.4) is 0 Å². The van der Waals surface area contributed by atoms with E-state index in [1.807, 2.05) is 6.92 Å². The molecule has 1 rings (SSSR count). The Kier molecular flexibility index (Phi) is 5.58. The van der Waals surface area contributed by atoms with Crippen molar-refractivity contribution in [2.24, 2.45) is 5.41 Å². The van der Waals surface area contributed by atoms with Crippen molar-refractivity contribution >= 4 is 10.2 Å². The van der Waals surface area contributed by atoms with Gasteiger partial charge in [-0.15, -0.1) is 0 Å². The molecule has 0 unspecified atom stereocenters. The van der Waals surface area contributed by atoms with E-state index in [4.69, 9.17) is 0 Å². The van der Waals surface area contributed by atoms with Crippen LogP contribution in [0.1, 0.15) is 39.5 Å². The second-order valence-corrected chi connectivity index (χ2v) is 7.28. The minimum atomic E-state index is -3.31. The second kappa shape index (κ2) is 6.32. The maximum atomic E-state index is 12.3. The topological polar surface area (TPSA) is 60.9 Å². The first-order chi connectivity index (χ1) is 8.41. The molecule has 0 amide bonds. The molecule has 0 saturated carbocycles. The van der Waals surface area contributed by atoms with Gasteiger partial charge >= 0.3 is 0 Å². The van der Waals surface area contributed by atoms with E-state index in [2.05, 4.69) is 6.92 Å². The molecule has 0 spiro atoms. The summed E-state index contributed by atoms with van der Waals surface area (Å²) in [5.74, 6) is 0. The number of nitrogens with zero attached hydrogens (tertiary/aromatic N) is 2. The van der Waals surface area contributed by atoms with Crippen LogP contribution in [0.15, 0.2) is 0 Å². The average Bonchev–Trinajstić information content (AvgIpc) is 2.39. The zero-order valence-corrected chi connectivity index (χ0v) is 12.5. The smallest absolute Gasteiger partial charge is 0.281 e. The number of piperidine rings is 1. The van der Waals surface area contributed by atoms with Gasteiger partial charge in [-0.2, -0.15) is 17.0 Å². The van der Waals surface area contributed by atoms with Gasteiger partial charge in [0.2, 0.25) is 0 Å². The van der Waals surface area contributed by atoms with Gasteiger partial charge in [0, 0.05) is 33.3 Å². The van der Waals surface area contributed by atoms with E-state index in [1.54, 1.807) is 11.4 Å². The van der Waals surface area contributed by atoms with Gasteiger partial charge in [-0.05, 0) is 31.1 Å².